The number of carbonyl (C=O) groups is 5. The van der Waals surface area contributed by atoms with E-state index in [0.717, 1.165) is 11.2 Å². The number of nitrogens with one attached hydrogen (secondary N) is 5. The van der Waals surface area contributed by atoms with E-state index >= 15 is 4.39 Å². The molecule has 5 N–H and O–H groups in total. The van der Waals surface area contributed by atoms with E-state index in [9.17, 15) is 32.4 Å². The zero-order valence-corrected chi connectivity index (χ0v) is 37.7. The maximum atomic E-state index is 15.7. The Kier molecular flexibility index (Phi) is 16.2. The number of anilines is 3. The largest absolute Gasteiger partial charge is 0.382 e. The number of ether oxygens (including phenoxy) is 3. The van der Waals surface area contributed by atoms with Crippen LogP contribution in [-0.4, -0.2) is 134 Å². The van der Waals surface area contributed by atoms with Gasteiger partial charge in [-0.2, -0.15) is 5.10 Å². The van der Waals surface area contributed by atoms with Crippen LogP contribution in [0.2, 0.25) is 5.02 Å². The topological polar surface area (TPSA) is 254 Å². The second kappa shape index (κ2) is 21.7. The summed E-state index contributed by atoms with van der Waals surface area (Å²) in [6, 6.07) is 7.55. The van der Waals surface area contributed by atoms with Gasteiger partial charge in [-0.3, -0.25) is 43.6 Å². The molecule has 0 aliphatic carbocycles. The Balaban J connectivity index is 0.861. The predicted molar refractivity (Wildman–Crippen MR) is 237 cm³/mol. The van der Waals surface area contributed by atoms with E-state index in [-0.39, 0.29) is 109 Å². The molecular weight excluding hydrogens is 891 g/mol. The number of halogens is 2. The summed E-state index contributed by atoms with van der Waals surface area (Å²) in [4.78, 5) is 72.6. The predicted octanol–water partition coefficient (Wildman–Crippen LogP) is 3.62. The molecule has 6 rings (SSSR count). The molecule has 0 radical (unpaired) electrons. The van der Waals surface area contributed by atoms with Crippen molar-refractivity contribution in [2.75, 3.05) is 74.3 Å². The second-order valence-corrected chi connectivity index (χ2v) is 17.6. The van der Waals surface area contributed by atoms with Gasteiger partial charge in [0.05, 0.1) is 68.4 Å². The van der Waals surface area contributed by atoms with Crippen LogP contribution in [0.4, 0.5) is 21.7 Å². The van der Waals surface area contributed by atoms with Crippen molar-refractivity contribution in [1.29, 1.82) is 0 Å². The van der Waals surface area contributed by atoms with Crippen LogP contribution in [0.5, 0.6) is 0 Å². The highest BCUT2D eigenvalue weighted by Crippen LogP contribution is 2.37. The number of fused-ring (bicyclic) bond motifs is 1. The summed E-state index contributed by atoms with van der Waals surface area (Å²) in [6.45, 7) is 7.82. The normalized spacial score (nSPS) is 15.6. The molecule has 0 spiro atoms. The van der Waals surface area contributed by atoms with Gasteiger partial charge < -0.3 is 30.2 Å². The Bertz CT molecular complexity index is 2540. The van der Waals surface area contributed by atoms with Gasteiger partial charge in [0, 0.05) is 72.2 Å². The van der Waals surface area contributed by atoms with E-state index < -0.39 is 45.5 Å². The molecule has 348 valence electrons. The summed E-state index contributed by atoms with van der Waals surface area (Å²) in [6.07, 6.45) is 4.38. The third-order valence-electron chi connectivity index (χ3n) is 10.0. The molecule has 4 heterocycles. The quantitative estimate of drug-likeness (QED) is 0.0526. The lowest BCUT2D eigenvalue weighted by atomic mass is 10.0. The number of hydrogen-bond donors (Lipinski definition) is 5. The van der Waals surface area contributed by atoms with E-state index in [1.165, 1.54) is 24.4 Å². The van der Waals surface area contributed by atoms with Crippen LogP contribution >= 0.6 is 11.6 Å². The molecule has 0 bridgehead atoms. The van der Waals surface area contributed by atoms with Crippen molar-refractivity contribution in [2.45, 2.75) is 58.2 Å². The lowest BCUT2D eigenvalue weighted by Gasteiger charge is -2.27. The van der Waals surface area contributed by atoms with Crippen LogP contribution < -0.4 is 26.0 Å². The molecule has 1 unspecified atom stereocenters. The molecule has 0 saturated carbocycles. The number of aromatic nitrogens is 4. The van der Waals surface area contributed by atoms with Gasteiger partial charge in [-0.05, 0) is 57.5 Å². The molecule has 2 aliphatic rings. The number of nitrogens with zero attached hydrogens (tertiary/aromatic N) is 5. The van der Waals surface area contributed by atoms with Gasteiger partial charge in [-0.25, -0.2) is 22.8 Å². The maximum absolute atomic E-state index is 15.7. The number of carbonyl (C=O) groups excluding carboxylic acids is 5. The van der Waals surface area contributed by atoms with Crippen molar-refractivity contribution >= 4 is 68.5 Å². The molecule has 4 aromatic rings. The van der Waals surface area contributed by atoms with Gasteiger partial charge >= 0.3 is 0 Å². The highest BCUT2D eigenvalue weighted by molar-refractivity contribution is 7.92. The van der Waals surface area contributed by atoms with Gasteiger partial charge in [0.15, 0.2) is 5.82 Å². The van der Waals surface area contributed by atoms with Crippen molar-refractivity contribution in [3.63, 3.8) is 0 Å². The first kappa shape index (κ1) is 48.4. The molecular formula is C42H50ClFN10O10S. The molecule has 65 heavy (non-hydrogen) atoms. The molecule has 2 atom stereocenters. The van der Waals surface area contributed by atoms with Gasteiger partial charge in [0.1, 0.15) is 11.7 Å². The molecule has 23 heteroatoms. The fraction of sp³-hybridized carbons (Fsp3) is 0.429. The lowest BCUT2D eigenvalue weighted by Crippen LogP contribution is -2.54. The fourth-order valence-corrected chi connectivity index (χ4v) is 7.71. The van der Waals surface area contributed by atoms with Crippen molar-refractivity contribution < 1.29 is 51.0 Å². The third kappa shape index (κ3) is 12.6. The zero-order chi connectivity index (χ0) is 46.8. The molecule has 5 amide bonds. The van der Waals surface area contributed by atoms with Crippen LogP contribution in [-0.2, 0) is 38.6 Å². The monoisotopic (exact) mass is 940 g/mol. The number of piperidine rings is 1. The minimum atomic E-state index is -3.81. The Hall–Kier alpha value is -6.07. The van der Waals surface area contributed by atoms with Crippen LogP contribution in [0.15, 0.2) is 48.8 Å². The molecule has 2 aromatic heterocycles. The Morgan fingerprint density at radius 2 is 1.66 bits per heavy atom. The summed E-state index contributed by atoms with van der Waals surface area (Å²) in [5, 5.41) is 16.0. The smallest absolute Gasteiger partial charge is 0.264 e. The first-order valence-electron chi connectivity index (χ1n) is 20.8. The third-order valence-corrected chi connectivity index (χ3v) is 10.8. The van der Waals surface area contributed by atoms with Crippen molar-refractivity contribution in [3.05, 3.63) is 70.8 Å². The first-order valence-corrected chi connectivity index (χ1v) is 23.0. The summed E-state index contributed by atoms with van der Waals surface area (Å²) >= 11 is 6.28. The highest BCUT2D eigenvalue weighted by atomic mass is 35.5. The lowest BCUT2D eigenvalue weighted by molar-refractivity contribution is -0.136. The van der Waals surface area contributed by atoms with Gasteiger partial charge in [0.2, 0.25) is 33.7 Å². The average molecular weight is 941 g/mol. The summed E-state index contributed by atoms with van der Waals surface area (Å²) < 4.78 is 60.0. The van der Waals surface area contributed by atoms with Gasteiger partial charge in [-0.1, -0.05) is 17.7 Å². The summed E-state index contributed by atoms with van der Waals surface area (Å²) in [5.74, 6) is -3.11. The van der Waals surface area contributed by atoms with E-state index in [2.05, 4.69) is 41.1 Å². The first-order chi connectivity index (χ1) is 31.0. The number of benzene rings is 2. The molecule has 1 fully saturated rings. The van der Waals surface area contributed by atoms with Gasteiger partial charge in [0.25, 0.3) is 11.8 Å². The van der Waals surface area contributed by atoms with Crippen molar-refractivity contribution in [1.82, 2.24) is 35.3 Å². The Morgan fingerprint density at radius 1 is 0.938 bits per heavy atom. The number of rotatable bonds is 23. The van der Waals surface area contributed by atoms with Crippen molar-refractivity contribution in [2.24, 2.45) is 0 Å². The summed E-state index contributed by atoms with van der Waals surface area (Å²) in [7, 11) is -3.81. The van der Waals surface area contributed by atoms with E-state index in [1.807, 2.05) is 20.8 Å². The standard InChI is InChI=1S/C42H50ClFN10O10S/c1-24(2)53-23-29(38(51-53)28-20-26(43)21-32(37(28)44)52-65(4,60)61)30-10-12-46-42(49-30)47-22-25(3)48-35(56)11-14-62-16-18-64-19-17-63-15-13-45-31-7-5-6-27-36(31)41(59)54(40(27)58)33-8-9-34(55)50-39(33)57/h5-7,10,12,20-21,23-25,33,45,52H,8-9,11,13-19,22H2,1-4H3,(H,48,56)(H,46,47,49)(H,50,55,57)/t25-,33?/m0/s1. The Labute approximate surface area is 379 Å². The van der Waals surface area contributed by atoms with E-state index in [1.54, 1.807) is 29.1 Å². The van der Waals surface area contributed by atoms with E-state index in [0.29, 0.717) is 36.7 Å². The minimum Gasteiger partial charge on any atom is -0.382 e. The zero-order valence-electron chi connectivity index (χ0n) is 36.1. The molecule has 20 nitrogen and oxygen atoms in total. The van der Waals surface area contributed by atoms with Gasteiger partial charge in [-0.15, -0.1) is 0 Å². The minimum absolute atomic E-state index is 0.0227. The maximum Gasteiger partial charge on any atom is 0.264 e. The highest BCUT2D eigenvalue weighted by Gasteiger charge is 2.45. The molecule has 2 aromatic carbocycles. The number of amides is 5. The van der Waals surface area contributed by atoms with E-state index in [4.69, 9.17) is 25.8 Å². The van der Waals surface area contributed by atoms with Crippen LogP contribution in [0, 0.1) is 5.82 Å². The Morgan fingerprint density at radius 3 is 2.37 bits per heavy atom. The SMILES string of the molecule is CC(C)n1cc(-c2ccnc(NC[C@H](C)NC(=O)CCOCCOCCOCCNc3cccc4c3C(=O)N(C3CCC(=O)NC3=O)C4=O)n2)c(-c2cc(Cl)cc(NS(C)(=O)=O)c2F)n1. The molecule has 1 saturated heterocycles. The second-order valence-electron chi connectivity index (χ2n) is 15.5. The number of imide groups is 2. The number of sulfonamides is 1. The number of hydrogen-bond acceptors (Lipinski definition) is 15. The fourth-order valence-electron chi connectivity index (χ4n) is 6.94. The van der Waals surface area contributed by atoms with Crippen LogP contribution in [0.1, 0.15) is 66.8 Å². The summed E-state index contributed by atoms with van der Waals surface area (Å²) in [5.41, 5.74) is 1.52. The van der Waals surface area contributed by atoms with Crippen LogP contribution in [0.25, 0.3) is 22.5 Å². The molecule has 2 aliphatic heterocycles. The van der Waals surface area contributed by atoms with Crippen LogP contribution in [0.3, 0.4) is 0 Å². The average Bonchev–Trinajstić information content (AvgIpc) is 3.81. The van der Waals surface area contributed by atoms with Crippen molar-refractivity contribution in [3.8, 4) is 22.5 Å².